The lowest BCUT2D eigenvalue weighted by Crippen LogP contribution is -2.51. The number of benzene rings is 1. The largest absolute Gasteiger partial charge is 0.481 e. The van der Waals surface area contributed by atoms with Crippen molar-refractivity contribution in [1.29, 1.82) is 0 Å². The Morgan fingerprint density at radius 3 is 2.50 bits per heavy atom. The molecule has 5 nitrogen and oxygen atoms in total. The molecule has 0 aliphatic heterocycles. The third kappa shape index (κ3) is 4.57. The van der Waals surface area contributed by atoms with Gasteiger partial charge in [0.05, 0.1) is 6.42 Å². The van der Waals surface area contributed by atoms with Gasteiger partial charge in [-0.25, -0.2) is 4.79 Å². The van der Waals surface area contributed by atoms with E-state index >= 15 is 0 Å². The number of hydrogen-bond donors (Lipinski definition) is 2. The highest BCUT2D eigenvalue weighted by molar-refractivity contribution is 5.92. The van der Waals surface area contributed by atoms with Crippen molar-refractivity contribution in [3.63, 3.8) is 0 Å². The summed E-state index contributed by atoms with van der Waals surface area (Å²) >= 11 is 0. The second-order valence-corrected chi connectivity index (χ2v) is 5.47. The number of carboxylic acids is 1. The molecule has 0 spiro atoms. The lowest BCUT2D eigenvalue weighted by Gasteiger charge is -2.29. The number of nitrogens with one attached hydrogen (secondary N) is 1. The molecule has 0 aliphatic rings. The summed E-state index contributed by atoms with van der Waals surface area (Å²) in [5, 5.41) is 11.6. The zero-order valence-corrected chi connectivity index (χ0v) is 12.4. The number of hydrogen-bond acceptors (Lipinski definition) is 2. The van der Waals surface area contributed by atoms with Crippen LogP contribution in [0.3, 0.4) is 0 Å². The Balaban J connectivity index is 2.85. The maximum absolute atomic E-state index is 12.3. The van der Waals surface area contributed by atoms with Gasteiger partial charge in [0.1, 0.15) is 0 Å². The number of carbonyl (C=O) groups is 2. The summed E-state index contributed by atoms with van der Waals surface area (Å²) in [7, 11) is 0. The third-order valence-corrected chi connectivity index (χ3v) is 2.91. The maximum atomic E-state index is 12.3. The van der Waals surface area contributed by atoms with E-state index in [1.165, 1.54) is 0 Å². The van der Waals surface area contributed by atoms with Gasteiger partial charge in [-0.3, -0.25) is 9.69 Å². The number of carboxylic acid groups (broad SMARTS) is 1. The second kappa shape index (κ2) is 6.41. The number of urea groups is 1. The Morgan fingerprint density at radius 1 is 1.35 bits per heavy atom. The fourth-order valence-electron chi connectivity index (χ4n) is 2.02. The smallest absolute Gasteiger partial charge is 0.322 e. The molecule has 0 fully saturated rings. The minimum Gasteiger partial charge on any atom is -0.481 e. The predicted molar refractivity (Wildman–Crippen MR) is 79.1 cm³/mol. The molecular weight excluding hydrogens is 256 g/mol. The van der Waals surface area contributed by atoms with Crippen molar-refractivity contribution in [2.75, 3.05) is 11.4 Å². The molecule has 1 aromatic carbocycles. The van der Waals surface area contributed by atoms with Gasteiger partial charge in [-0.1, -0.05) is 12.1 Å². The maximum Gasteiger partial charge on any atom is 0.322 e. The van der Waals surface area contributed by atoms with E-state index in [4.69, 9.17) is 5.11 Å². The standard InChI is InChI=1S/C15H22N2O3/c1-5-17(12-8-6-7-11(2)9-12)14(20)16-15(3,4)10-13(18)19/h6-9H,5,10H2,1-4H3,(H,16,20)(H,18,19). The summed E-state index contributed by atoms with van der Waals surface area (Å²) in [6, 6.07) is 7.35. The van der Waals surface area contributed by atoms with Crippen molar-refractivity contribution in [3.8, 4) is 0 Å². The van der Waals surface area contributed by atoms with Crippen LogP contribution in [0.15, 0.2) is 24.3 Å². The van der Waals surface area contributed by atoms with E-state index in [0.29, 0.717) is 6.54 Å². The average Bonchev–Trinajstić information content (AvgIpc) is 2.26. The first-order valence-corrected chi connectivity index (χ1v) is 6.63. The van der Waals surface area contributed by atoms with E-state index in [1.807, 2.05) is 38.1 Å². The fourth-order valence-corrected chi connectivity index (χ4v) is 2.02. The second-order valence-electron chi connectivity index (χ2n) is 5.47. The van der Waals surface area contributed by atoms with Crippen LogP contribution >= 0.6 is 0 Å². The quantitative estimate of drug-likeness (QED) is 0.870. The van der Waals surface area contributed by atoms with E-state index in [9.17, 15) is 9.59 Å². The van der Waals surface area contributed by atoms with Gasteiger partial charge in [0.25, 0.3) is 0 Å². The van der Waals surface area contributed by atoms with Gasteiger partial charge in [0.2, 0.25) is 0 Å². The van der Waals surface area contributed by atoms with Gasteiger partial charge in [-0.05, 0) is 45.4 Å². The molecule has 0 aliphatic carbocycles. The van der Waals surface area contributed by atoms with Crippen LogP contribution in [0, 0.1) is 6.92 Å². The Labute approximate surface area is 119 Å². The molecule has 1 rings (SSSR count). The van der Waals surface area contributed by atoms with E-state index in [0.717, 1.165) is 11.3 Å². The molecule has 0 radical (unpaired) electrons. The molecule has 0 saturated carbocycles. The zero-order chi connectivity index (χ0) is 15.3. The van der Waals surface area contributed by atoms with Crippen LogP contribution in [-0.2, 0) is 4.79 Å². The highest BCUT2D eigenvalue weighted by atomic mass is 16.4. The van der Waals surface area contributed by atoms with Crippen LogP contribution in [0.5, 0.6) is 0 Å². The van der Waals surface area contributed by atoms with Gasteiger partial charge >= 0.3 is 12.0 Å². The van der Waals surface area contributed by atoms with Crippen molar-refractivity contribution >= 4 is 17.7 Å². The van der Waals surface area contributed by atoms with Crippen molar-refractivity contribution in [2.24, 2.45) is 0 Å². The first-order chi connectivity index (χ1) is 9.25. The number of amides is 2. The first-order valence-electron chi connectivity index (χ1n) is 6.63. The van der Waals surface area contributed by atoms with Crippen LogP contribution in [0.25, 0.3) is 0 Å². The zero-order valence-electron chi connectivity index (χ0n) is 12.4. The molecule has 0 atom stereocenters. The average molecular weight is 278 g/mol. The van der Waals surface area contributed by atoms with Crippen molar-refractivity contribution in [3.05, 3.63) is 29.8 Å². The number of aliphatic carboxylic acids is 1. The SMILES string of the molecule is CCN(C(=O)NC(C)(C)CC(=O)O)c1cccc(C)c1. The van der Waals surface area contributed by atoms with Gasteiger partial charge in [-0.2, -0.15) is 0 Å². The normalized spacial score (nSPS) is 11.0. The van der Waals surface area contributed by atoms with E-state index < -0.39 is 11.5 Å². The molecule has 5 heteroatoms. The van der Waals surface area contributed by atoms with Gasteiger partial charge in [-0.15, -0.1) is 0 Å². The van der Waals surface area contributed by atoms with Crippen molar-refractivity contribution in [2.45, 2.75) is 39.7 Å². The van der Waals surface area contributed by atoms with E-state index in [2.05, 4.69) is 5.32 Å². The Morgan fingerprint density at radius 2 is 2.00 bits per heavy atom. The lowest BCUT2D eigenvalue weighted by atomic mass is 10.0. The molecule has 2 amide bonds. The summed E-state index contributed by atoms with van der Waals surface area (Å²) in [5.41, 5.74) is 1.08. The molecule has 0 saturated heterocycles. The van der Waals surface area contributed by atoms with Crippen LogP contribution < -0.4 is 10.2 Å². The van der Waals surface area contributed by atoms with Crippen LogP contribution in [-0.4, -0.2) is 29.2 Å². The minimum absolute atomic E-state index is 0.121. The van der Waals surface area contributed by atoms with Crippen LogP contribution in [0.2, 0.25) is 0 Å². The Kier molecular flexibility index (Phi) is 5.13. The molecule has 0 aromatic heterocycles. The molecule has 0 unspecified atom stereocenters. The molecule has 1 aromatic rings. The highest BCUT2D eigenvalue weighted by Gasteiger charge is 2.26. The lowest BCUT2D eigenvalue weighted by molar-refractivity contribution is -0.138. The van der Waals surface area contributed by atoms with Crippen LogP contribution in [0.4, 0.5) is 10.5 Å². The predicted octanol–water partition coefficient (Wildman–Crippen LogP) is 2.78. The summed E-state index contributed by atoms with van der Waals surface area (Å²) in [6.45, 7) is 7.75. The van der Waals surface area contributed by atoms with E-state index in [1.54, 1.807) is 18.7 Å². The first kappa shape index (κ1) is 16.0. The summed E-state index contributed by atoms with van der Waals surface area (Å²) in [6.07, 6.45) is -0.121. The highest BCUT2D eigenvalue weighted by Crippen LogP contribution is 2.17. The Hall–Kier alpha value is -2.04. The van der Waals surface area contributed by atoms with Crippen molar-refractivity contribution in [1.82, 2.24) is 5.32 Å². The molecule has 110 valence electrons. The summed E-state index contributed by atoms with van der Waals surface area (Å²) in [4.78, 5) is 24.7. The minimum atomic E-state index is -0.936. The van der Waals surface area contributed by atoms with Gasteiger partial charge in [0, 0.05) is 17.8 Å². The summed E-state index contributed by atoms with van der Waals surface area (Å²) < 4.78 is 0. The topological polar surface area (TPSA) is 69.6 Å². The molecular formula is C15H22N2O3. The number of aryl methyl sites for hydroxylation is 1. The number of carbonyl (C=O) groups excluding carboxylic acids is 1. The van der Waals surface area contributed by atoms with Crippen molar-refractivity contribution < 1.29 is 14.7 Å². The molecule has 0 bridgehead atoms. The number of anilines is 1. The van der Waals surface area contributed by atoms with Crippen LogP contribution in [0.1, 0.15) is 32.8 Å². The molecule has 0 heterocycles. The van der Waals surface area contributed by atoms with Gasteiger partial charge in [0.15, 0.2) is 0 Å². The number of rotatable bonds is 5. The number of nitrogens with zero attached hydrogens (tertiary/aromatic N) is 1. The molecule has 20 heavy (non-hydrogen) atoms. The summed E-state index contributed by atoms with van der Waals surface area (Å²) in [5.74, 6) is -0.936. The van der Waals surface area contributed by atoms with Gasteiger partial charge < -0.3 is 10.4 Å². The monoisotopic (exact) mass is 278 g/mol. The van der Waals surface area contributed by atoms with E-state index in [-0.39, 0.29) is 12.5 Å². The Bertz CT molecular complexity index is 498. The fraction of sp³-hybridized carbons (Fsp3) is 0.467. The third-order valence-electron chi connectivity index (χ3n) is 2.91. The molecule has 2 N–H and O–H groups in total.